The fourth-order valence-electron chi connectivity index (χ4n) is 4.94. The summed E-state index contributed by atoms with van der Waals surface area (Å²) in [6, 6.07) is 9.65. The molecule has 0 radical (unpaired) electrons. The Balaban J connectivity index is 1.37. The van der Waals surface area contributed by atoms with E-state index in [1.165, 1.54) is 17.0 Å². The first kappa shape index (κ1) is 29.0. The third kappa shape index (κ3) is 6.75. The highest BCUT2D eigenvalue weighted by molar-refractivity contribution is 7.80. The molecule has 11 nitrogen and oxygen atoms in total. The second-order valence-electron chi connectivity index (χ2n) is 9.87. The van der Waals surface area contributed by atoms with Gasteiger partial charge in [-0.25, -0.2) is 4.79 Å². The van der Waals surface area contributed by atoms with Crippen molar-refractivity contribution in [2.75, 3.05) is 12.3 Å². The number of phenolic OH excluding ortho intramolecular Hbond substituents is 1. The number of benzene rings is 2. The van der Waals surface area contributed by atoms with Crippen molar-refractivity contribution < 1.29 is 29.4 Å². The average molecular weight is 568 g/mol. The Bertz CT molecular complexity index is 1380. The molecule has 0 saturated carbocycles. The standard InChI is InChI=1S/C28H33N5O6S/c29-20(13-17-14-30-21-5-2-1-4-19(17)21)27(37)33-11-3-6-24(33)26(36)32-23(15-40)25(35)31-22(28(38)39)12-16-7-9-18(34)10-8-16/h1-2,4-5,7-10,14,20,22-24,30,34,40H,3,6,11-13,15,29H2,(H,31,35)(H,32,36)(H,38,39). The highest BCUT2D eigenvalue weighted by Gasteiger charge is 2.38. The number of rotatable bonds is 11. The summed E-state index contributed by atoms with van der Waals surface area (Å²) in [5.74, 6) is -2.87. The third-order valence-corrected chi connectivity index (χ3v) is 7.44. The van der Waals surface area contributed by atoms with Crippen LogP contribution < -0.4 is 16.4 Å². The molecule has 4 rings (SSSR count). The van der Waals surface area contributed by atoms with E-state index in [9.17, 15) is 29.4 Å². The molecule has 3 amide bonds. The summed E-state index contributed by atoms with van der Waals surface area (Å²) in [5.41, 5.74) is 8.74. The van der Waals surface area contributed by atoms with Crippen LogP contribution in [0.25, 0.3) is 10.9 Å². The van der Waals surface area contributed by atoms with E-state index in [-0.39, 0.29) is 23.8 Å². The fourth-order valence-corrected chi connectivity index (χ4v) is 5.20. The number of likely N-dealkylation sites (tertiary alicyclic amines) is 1. The number of para-hydroxylation sites is 1. The first-order valence-electron chi connectivity index (χ1n) is 13.0. The number of amides is 3. The van der Waals surface area contributed by atoms with Crippen LogP contribution in [0.4, 0.5) is 0 Å². The summed E-state index contributed by atoms with van der Waals surface area (Å²) < 4.78 is 0. The van der Waals surface area contributed by atoms with Crippen LogP contribution in [0.2, 0.25) is 0 Å². The van der Waals surface area contributed by atoms with E-state index in [4.69, 9.17) is 5.73 Å². The second kappa shape index (κ2) is 12.9. The van der Waals surface area contributed by atoms with Gasteiger partial charge in [0, 0.05) is 35.8 Å². The fraction of sp³-hybridized carbons (Fsp3) is 0.357. The molecule has 3 aromatic rings. The Kier molecular flexibility index (Phi) is 9.33. The van der Waals surface area contributed by atoms with Gasteiger partial charge < -0.3 is 36.5 Å². The first-order valence-corrected chi connectivity index (χ1v) is 13.6. The molecule has 1 saturated heterocycles. The van der Waals surface area contributed by atoms with Gasteiger partial charge in [-0.15, -0.1) is 0 Å². The number of carbonyl (C=O) groups excluding carboxylic acids is 3. The second-order valence-corrected chi connectivity index (χ2v) is 10.2. The number of nitrogens with one attached hydrogen (secondary N) is 3. The molecular formula is C28H33N5O6S. The number of thiol groups is 1. The zero-order valence-corrected chi connectivity index (χ0v) is 22.6. The van der Waals surface area contributed by atoms with Gasteiger partial charge >= 0.3 is 5.97 Å². The van der Waals surface area contributed by atoms with Crippen molar-refractivity contribution in [1.29, 1.82) is 0 Å². The molecule has 2 heterocycles. The smallest absolute Gasteiger partial charge is 0.326 e. The number of nitrogens with zero attached hydrogens (tertiary/aromatic N) is 1. The van der Waals surface area contributed by atoms with Crippen molar-refractivity contribution in [2.45, 2.75) is 49.9 Å². The molecular weight excluding hydrogens is 534 g/mol. The monoisotopic (exact) mass is 567 g/mol. The number of aromatic hydroxyl groups is 1. The number of carboxylic acids is 1. The number of aromatic amines is 1. The lowest BCUT2D eigenvalue weighted by Crippen LogP contribution is -2.57. The van der Waals surface area contributed by atoms with Crippen molar-refractivity contribution in [3.8, 4) is 5.75 Å². The van der Waals surface area contributed by atoms with E-state index in [2.05, 4.69) is 28.2 Å². The first-order chi connectivity index (χ1) is 19.2. The van der Waals surface area contributed by atoms with Crippen molar-refractivity contribution >= 4 is 47.2 Å². The quantitative estimate of drug-likeness (QED) is 0.169. The largest absolute Gasteiger partial charge is 0.508 e. The van der Waals surface area contributed by atoms with Crippen molar-refractivity contribution in [2.24, 2.45) is 5.73 Å². The molecule has 0 bridgehead atoms. The van der Waals surface area contributed by atoms with E-state index in [0.29, 0.717) is 31.4 Å². The van der Waals surface area contributed by atoms with E-state index in [0.717, 1.165) is 16.5 Å². The minimum absolute atomic E-state index is 0.0200. The van der Waals surface area contributed by atoms with Crippen LogP contribution in [0.1, 0.15) is 24.0 Å². The van der Waals surface area contributed by atoms with Gasteiger partial charge in [0.15, 0.2) is 0 Å². The van der Waals surface area contributed by atoms with Crippen molar-refractivity contribution in [3.05, 3.63) is 65.9 Å². The number of phenols is 1. The van der Waals surface area contributed by atoms with Gasteiger partial charge in [-0.2, -0.15) is 12.6 Å². The molecule has 1 fully saturated rings. The van der Waals surface area contributed by atoms with E-state index >= 15 is 0 Å². The van der Waals surface area contributed by atoms with Crippen molar-refractivity contribution in [3.63, 3.8) is 0 Å². The minimum Gasteiger partial charge on any atom is -0.508 e. The molecule has 4 atom stereocenters. The normalized spacial score (nSPS) is 17.2. The highest BCUT2D eigenvalue weighted by atomic mass is 32.1. The number of aliphatic carboxylic acids is 1. The van der Waals surface area contributed by atoms with Crippen LogP contribution in [0.15, 0.2) is 54.7 Å². The molecule has 1 aliphatic heterocycles. The zero-order chi connectivity index (χ0) is 28.8. The molecule has 212 valence electrons. The van der Waals surface area contributed by atoms with E-state index in [1.807, 2.05) is 30.5 Å². The Morgan fingerprint density at radius 2 is 1.77 bits per heavy atom. The molecule has 12 heteroatoms. The maximum atomic E-state index is 13.3. The summed E-state index contributed by atoms with van der Waals surface area (Å²) >= 11 is 4.18. The molecule has 2 aromatic carbocycles. The highest BCUT2D eigenvalue weighted by Crippen LogP contribution is 2.22. The summed E-state index contributed by atoms with van der Waals surface area (Å²) in [5, 5.41) is 25.1. The van der Waals surface area contributed by atoms with Crippen LogP contribution in [-0.4, -0.2) is 80.3 Å². The molecule has 40 heavy (non-hydrogen) atoms. The Morgan fingerprint density at radius 1 is 1.05 bits per heavy atom. The topological polar surface area (TPSA) is 178 Å². The summed E-state index contributed by atoms with van der Waals surface area (Å²) in [6.45, 7) is 0.365. The zero-order valence-electron chi connectivity index (χ0n) is 21.7. The molecule has 1 aromatic heterocycles. The molecule has 7 N–H and O–H groups in total. The number of nitrogens with two attached hydrogens (primary N) is 1. The number of hydrogen-bond acceptors (Lipinski definition) is 7. The lowest BCUT2D eigenvalue weighted by atomic mass is 10.0. The average Bonchev–Trinajstić information content (AvgIpc) is 3.59. The van der Waals surface area contributed by atoms with Crippen LogP contribution >= 0.6 is 12.6 Å². The molecule has 0 spiro atoms. The van der Waals surface area contributed by atoms with Crippen LogP contribution in [0.3, 0.4) is 0 Å². The van der Waals surface area contributed by atoms with Gasteiger partial charge in [0.2, 0.25) is 17.7 Å². The molecule has 0 aliphatic carbocycles. The molecule has 4 unspecified atom stereocenters. The summed E-state index contributed by atoms with van der Waals surface area (Å²) in [7, 11) is 0. The predicted molar refractivity (Wildman–Crippen MR) is 152 cm³/mol. The van der Waals surface area contributed by atoms with Crippen LogP contribution in [0.5, 0.6) is 5.75 Å². The van der Waals surface area contributed by atoms with Gasteiger partial charge in [0.05, 0.1) is 6.04 Å². The van der Waals surface area contributed by atoms with Crippen LogP contribution in [-0.2, 0) is 32.0 Å². The van der Waals surface area contributed by atoms with E-state index in [1.54, 1.807) is 12.1 Å². The summed E-state index contributed by atoms with van der Waals surface area (Å²) in [4.78, 5) is 55.8. The van der Waals surface area contributed by atoms with Gasteiger partial charge in [0.25, 0.3) is 0 Å². The number of H-pyrrole nitrogens is 1. The van der Waals surface area contributed by atoms with Crippen molar-refractivity contribution in [1.82, 2.24) is 20.5 Å². The number of hydrogen-bond donors (Lipinski definition) is 7. The number of aromatic nitrogens is 1. The van der Waals surface area contributed by atoms with Gasteiger partial charge in [-0.1, -0.05) is 30.3 Å². The third-order valence-electron chi connectivity index (χ3n) is 7.08. The maximum Gasteiger partial charge on any atom is 0.326 e. The lowest BCUT2D eigenvalue weighted by molar-refractivity contribution is -0.142. The number of fused-ring (bicyclic) bond motifs is 1. The van der Waals surface area contributed by atoms with Gasteiger partial charge in [-0.3, -0.25) is 14.4 Å². The Labute approximate surface area is 236 Å². The predicted octanol–water partition coefficient (Wildman–Crippen LogP) is 0.961. The van der Waals surface area contributed by atoms with Gasteiger partial charge in [-0.05, 0) is 48.6 Å². The Hall–Kier alpha value is -4.03. The Morgan fingerprint density at radius 3 is 2.48 bits per heavy atom. The number of carboxylic acid groups (broad SMARTS) is 1. The minimum atomic E-state index is -1.26. The number of carbonyl (C=O) groups is 4. The SMILES string of the molecule is NC(Cc1c[nH]c2ccccc12)C(=O)N1CCCC1C(=O)NC(CS)C(=O)NC(Cc1ccc(O)cc1)C(=O)O. The molecule has 1 aliphatic rings. The van der Waals surface area contributed by atoms with Crippen LogP contribution in [0, 0.1) is 0 Å². The lowest BCUT2D eigenvalue weighted by Gasteiger charge is -2.28. The van der Waals surface area contributed by atoms with E-state index < -0.39 is 42.0 Å². The maximum absolute atomic E-state index is 13.3. The van der Waals surface area contributed by atoms with Gasteiger partial charge in [0.1, 0.15) is 23.9 Å². The summed E-state index contributed by atoms with van der Waals surface area (Å²) in [6.07, 6.45) is 3.13.